The molecule has 1 aromatic rings. The van der Waals surface area contributed by atoms with Crippen molar-refractivity contribution in [1.29, 1.82) is 0 Å². The summed E-state index contributed by atoms with van der Waals surface area (Å²) in [5, 5.41) is 4.15. The SMILES string of the molecule is CCC1CCCCC1OCCn1ccc(N)n1. The van der Waals surface area contributed by atoms with E-state index in [1.165, 1.54) is 32.1 Å². The Morgan fingerprint density at radius 1 is 1.47 bits per heavy atom. The van der Waals surface area contributed by atoms with Crippen molar-refractivity contribution in [3.63, 3.8) is 0 Å². The molecule has 1 heterocycles. The third-order valence-corrected chi connectivity index (χ3v) is 3.68. The van der Waals surface area contributed by atoms with Gasteiger partial charge in [0.15, 0.2) is 0 Å². The van der Waals surface area contributed by atoms with E-state index in [1.54, 1.807) is 0 Å². The second kappa shape index (κ2) is 6.05. The topological polar surface area (TPSA) is 53.1 Å². The number of anilines is 1. The van der Waals surface area contributed by atoms with Crippen molar-refractivity contribution in [3.05, 3.63) is 12.3 Å². The third-order valence-electron chi connectivity index (χ3n) is 3.68. The van der Waals surface area contributed by atoms with Crippen molar-refractivity contribution in [1.82, 2.24) is 9.78 Å². The minimum atomic E-state index is 0.460. The van der Waals surface area contributed by atoms with Gasteiger partial charge in [-0.2, -0.15) is 5.10 Å². The smallest absolute Gasteiger partial charge is 0.145 e. The van der Waals surface area contributed by atoms with Crippen molar-refractivity contribution in [2.75, 3.05) is 12.3 Å². The first-order valence-electron chi connectivity index (χ1n) is 6.70. The second-order valence-electron chi connectivity index (χ2n) is 4.87. The Bertz CT molecular complexity index is 337. The Labute approximate surface area is 103 Å². The van der Waals surface area contributed by atoms with E-state index in [4.69, 9.17) is 10.5 Å². The average Bonchev–Trinajstić information content (AvgIpc) is 2.76. The van der Waals surface area contributed by atoms with E-state index in [2.05, 4.69) is 12.0 Å². The molecule has 96 valence electrons. The van der Waals surface area contributed by atoms with Gasteiger partial charge in [0, 0.05) is 6.20 Å². The molecule has 2 rings (SSSR count). The van der Waals surface area contributed by atoms with Crippen LogP contribution < -0.4 is 5.73 Å². The number of nitrogens with two attached hydrogens (primary N) is 1. The number of hydrogen-bond donors (Lipinski definition) is 1. The lowest BCUT2D eigenvalue weighted by Crippen LogP contribution is -2.28. The molecule has 1 aromatic heterocycles. The van der Waals surface area contributed by atoms with Gasteiger partial charge in [-0.15, -0.1) is 0 Å². The molecule has 1 aliphatic carbocycles. The van der Waals surface area contributed by atoms with Gasteiger partial charge in [0.25, 0.3) is 0 Å². The van der Waals surface area contributed by atoms with Crippen LogP contribution in [0, 0.1) is 5.92 Å². The van der Waals surface area contributed by atoms with Crippen molar-refractivity contribution in [3.8, 4) is 0 Å². The molecule has 0 bridgehead atoms. The van der Waals surface area contributed by atoms with Gasteiger partial charge < -0.3 is 10.5 Å². The summed E-state index contributed by atoms with van der Waals surface area (Å²) in [6.07, 6.45) is 8.83. The summed E-state index contributed by atoms with van der Waals surface area (Å²) >= 11 is 0. The highest BCUT2D eigenvalue weighted by Crippen LogP contribution is 2.28. The summed E-state index contributed by atoms with van der Waals surface area (Å²) in [6.45, 7) is 3.80. The predicted molar refractivity (Wildman–Crippen MR) is 68.6 cm³/mol. The first-order valence-corrected chi connectivity index (χ1v) is 6.70. The van der Waals surface area contributed by atoms with Gasteiger partial charge in [-0.05, 0) is 24.8 Å². The Morgan fingerprint density at radius 3 is 3.00 bits per heavy atom. The van der Waals surface area contributed by atoms with Gasteiger partial charge in [-0.1, -0.05) is 26.2 Å². The molecule has 2 N–H and O–H groups in total. The zero-order valence-corrected chi connectivity index (χ0v) is 10.6. The highest BCUT2D eigenvalue weighted by molar-refractivity contribution is 5.23. The van der Waals surface area contributed by atoms with Crippen LogP contribution in [-0.4, -0.2) is 22.5 Å². The predicted octanol–water partition coefficient (Wildman–Crippen LogP) is 2.45. The molecule has 1 fully saturated rings. The van der Waals surface area contributed by atoms with Gasteiger partial charge in [0.2, 0.25) is 0 Å². The molecule has 1 saturated carbocycles. The molecular formula is C13H23N3O. The number of nitrogen functional groups attached to an aromatic ring is 1. The van der Waals surface area contributed by atoms with E-state index in [1.807, 2.05) is 16.9 Å². The minimum Gasteiger partial charge on any atom is -0.382 e. The monoisotopic (exact) mass is 237 g/mol. The van der Waals surface area contributed by atoms with Crippen molar-refractivity contribution in [2.45, 2.75) is 51.7 Å². The minimum absolute atomic E-state index is 0.460. The van der Waals surface area contributed by atoms with E-state index in [9.17, 15) is 0 Å². The van der Waals surface area contributed by atoms with E-state index >= 15 is 0 Å². The summed E-state index contributed by atoms with van der Waals surface area (Å²) in [4.78, 5) is 0. The first kappa shape index (κ1) is 12.4. The van der Waals surface area contributed by atoms with Crippen LogP contribution in [0.1, 0.15) is 39.0 Å². The van der Waals surface area contributed by atoms with E-state index in [-0.39, 0.29) is 0 Å². The maximum Gasteiger partial charge on any atom is 0.145 e. The summed E-state index contributed by atoms with van der Waals surface area (Å²) in [6, 6.07) is 1.81. The zero-order valence-electron chi connectivity index (χ0n) is 10.6. The van der Waals surface area contributed by atoms with Crippen molar-refractivity contribution >= 4 is 5.82 Å². The Hall–Kier alpha value is -1.03. The molecule has 0 aromatic carbocycles. The molecule has 4 heteroatoms. The second-order valence-corrected chi connectivity index (χ2v) is 4.87. The van der Waals surface area contributed by atoms with Gasteiger partial charge in [0.05, 0.1) is 19.3 Å². The van der Waals surface area contributed by atoms with Gasteiger partial charge >= 0.3 is 0 Å². The fraction of sp³-hybridized carbons (Fsp3) is 0.769. The third kappa shape index (κ3) is 3.46. The number of hydrogen-bond acceptors (Lipinski definition) is 3. The first-order chi connectivity index (χ1) is 8.29. The van der Waals surface area contributed by atoms with Crippen molar-refractivity contribution < 1.29 is 4.74 Å². The lowest BCUT2D eigenvalue weighted by molar-refractivity contribution is -0.0161. The Kier molecular flexibility index (Phi) is 4.42. The van der Waals surface area contributed by atoms with Gasteiger partial charge in [-0.25, -0.2) is 0 Å². The fourth-order valence-corrected chi connectivity index (χ4v) is 2.66. The molecule has 0 radical (unpaired) electrons. The largest absolute Gasteiger partial charge is 0.382 e. The molecule has 0 spiro atoms. The molecule has 2 atom stereocenters. The molecule has 1 aliphatic rings. The maximum atomic E-state index is 6.00. The van der Waals surface area contributed by atoms with Crippen LogP contribution in [0.2, 0.25) is 0 Å². The number of aromatic nitrogens is 2. The lowest BCUT2D eigenvalue weighted by Gasteiger charge is -2.30. The maximum absolute atomic E-state index is 6.00. The standard InChI is InChI=1S/C13H23N3O/c1-2-11-5-3-4-6-12(11)17-10-9-16-8-7-13(14)15-16/h7-8,11-12H,2-6,9-10H2,1H3,(H2,14,15). The quantitative estimate of drug-likeness (QED) is 0.855. The van der Waals surface area contributed by atoms with Crippen LogP contribution in [0.4, 0.5) is 5.82 Å². The molecule has 4 nitrogen and oxygen atoms in total. The Balaban J connectivity index is 1.73. The molecule has 17 heavy (non-hydrogen) atoms. The molecular weight excluding hydrogens is 214 g/mol. The number of rotatable bonds is 5. The van der Waals surface area contributed by atoms with E-state index in [0.29, 0.717) is 11.9 Å². The molecule has 0 amide bonds. The van der Waals surface area contributed by atoms with E-state index < -0.39 is 0 Å². The van der Waals surface area contributed by atoms with E-state index in [0.717, 1.165) is 19.1 Å². The normalized spacial score (nSPS) is 25.0. The summed E-state index contributed by atoms with van der Waals surface area (Å²) in [5.74, 6) is 1.33. The summed E-state index contributed by atoms with van der Waals surface area (Å²) in [5.41, 5.74) is 5.56. The Morgan fingerprint density at radius 2 is 2.29 bits per heavy atom. The highest BCUT2D eigenvalue weighted by atomic mass is 16.5. The lowest BCUT2D eigenvalue weighted by atomic mass is 9.85. The van der Waals surface area contributed by atoms with Gasteiger partial charge in [-0.3, -0.25) is 4.68 Å². The summed E-state index contributed by atoms with van der Waals surface area (Å²) in [7, 11) is 0. The zero-order chi connectivity index (χ0) is 12.1. The highest BCUT2D eigenvalue weighted by Gasteiger charge is 2.23. The molecule has 0 saturated heterocycles. The fourth-order valence-electron chi connectivity index (χ4n) is 2.66. The van der Waals surface area contributed by atoms with Gasteiger partial charge in [0.1, 0.15) is 5.82 Å². The number of nitrogens with zero attached hydrogens (tertiary/aromatic N) is 2. The van der Waals surface area contributed by atoms with Crippen LogP contribution in [0.15, 0.2) is 12.3 Å². The number of ether oxygens (including phenoxy) is 1. The summed E-state index contributed by atoms with van der Waals surface area (Å²) < 4.78 is 7.84. The molecule has 0 aliphatic heterocycles. The molecule has 2 unspecified atom stereocenters. The van der Waals surface area contributed by atoms with Crippen LogP contribution in [0.25, 0.3) is 0 Å². The van der Waals surface area contributed by atoms with Crippen LogP contribution in [0.3, 0.4) is 0 Å². The van der Waals surface area contributed by atoms with Crippen LogP contribution >= 0.6 is 0 Å². The average molecular weight is 237 g/mol. The van der Waals surface area contributed by atoms with Crippen molar-refractivity contribution in [2.24, 2.45) is 5.92 Å². The van der Waals surface area contributed by atoms with Crippen LogP contribution in [-0.2, 0) is 11.3 Å². The van der Waals surface area contributed by atoms with Crippen LogP contribution in [0.5, 0.6) is 0 Å².